The van der Waals surface area contributed by atoms with Crippen molar-refractivity contribution in [3.05, 3.63) is 65.0 Å². The number of amides is 2. The van der Waals surface area contributed by atoms with Crippen molar-refractivity contribution in [1.29, 1.82) is 0 Å². The molecule has 3 rings (SSSR count). The van der Waals surface area contributed by atoms with Gasteiger partial charge in [-0.1, -0.05) is 19.1 Å². The van der Waals surface area contributed by atoms with Gasteiger partial charge in [-0.15, -0.1) is 0 Å². The molecule has 5 heteroatoms. The second-order valence-corrected chi connectivity index (χ2v) is 6.20. The number of nitrogens with zero attached hydrogens (tertiary/aromatic N) is 1. The number of aryl methyl sites for hydroxylation is 1. The summed E-state index contributed by atoms with van der Waals surface area (Å²) in [5.74, 6) is -0.329. The summed E-state index contributed by atoms with van der Waals surface area (Å²) in [7, 11) is 0. The quantitative estimate of drug-likeness (QED) is 0.906. The lowest BCUT2D eigenvalue weighted by Gasteiger charge is -2.29. The van der Waals surface area contributed by atoms with Crippen molar-refractivity contribution in [2.24, 2.45) is 0 Å². The van der Waals surface area contributed by atoms with Gasteiger partial charge in [-0.25, -0.2) is 4.39 Å². The van der Waals surface area contributed by atoms with E-state index >= 15 is 0 Å². The minimum Gasteiger partial charge on any atom is -0.348 e. The Balaban J connectivity index is 1.71. The van der Waals surface area contributed by atoms with Crippen LogP contribution < -0.4 is 10.2 Å². The average molecular weight is 340 g/mol. The zero-order chi connectivity index (χ0) is 17.8. The van der Waals surface area contributed by atoms with E-state index in [-0.39, 0.29) is 17.6 Å². The number of hydrogen-bond donors (Lipinski definition) is 1. The summed E-state index contributed by atoms with van der Waals surface area (Å²) >= 11 is 0. The number of hydrogen-bond acceptors (Lipinski definition) is 2. The monoisotopic (exact) mass is 340 g/mol. The van der Waals surface area contributed by atoms with E-state index in [0.717, 1.165) is 23.2 Å². The Morgan fingerprint density at radius 2 is 1.92 bits per heavy atom. The normalized spacial score (nSPS) is 13.5. The van der Waals surface area contributed by atoms with Gasteiger partial charge in [-0.05, 0) is 54.3 Å². The number of fused-ring (bicyclic) bond motifs is 1. The lowest BCUT2D eigenvalue weighted by Crippen LogP contribution is -2.35. The van der Waals surface area contributed by atoms with Crippen molar-refractivity contribution >= 4 is 17.5 Å². The number of halogens is 1. The molecule has 4 nitrogen and oxygen atoms in total. The van der Waals surface area contributed by atoms with Crippen LogP contribution >= 0.6 is 0 Å². The Bertz CT molecular complexity index is 787. The molecular weight excluding hydrogens is 319 g/mol. The third-order valence-corrected chi connectivity index (χ3v) is 4.36. The Kier molecular flexibility index (Phi) is 5.12. The summed E-state index contributed by atoms with van der Waals surface area (Å²) in [5.41, 5.74) is 3.36. The van der Waals surface area contributed by atoms with E-state index in [0.29, 0.717) is 31.5 Å². The van der Waals surface area contributed by atoms with Crippen molar-refractivity contribution in [3.63, 3.8) is 0 Å². The molecule has 2 aromatic rings. The van der Waals surface area contributed by atoms with Crippen LogP contribution in [0.25, 0.3) is 0 Å². The van der Waals surface area contributed by atoms with Crippen LogP contribution in [0.4, 0.5) is 10.1 Å². The molecule has 0 atom stereocenters. The van der Waals surface area contributed by atoms with Crippen LogP contribution in [0.15, 0.2) is 42.5 Å². The number of rotatable bonds is 5. The fourth-order valence-corrected chi connectivity index (χ4v) is 3.06. The molecule has 2 aromatic carbocycles. The molecule has 130 valence electrons. The highest BCUT2D eigenvalue weighted by molar-refractivity contribution is 5.99. The molecule has 0 saturated carbocycles. The summed E-state index contributed by atoms with van der Waals surface area (Å²) < 4.78 is 12.9. The highest BCUT2D eigenvalue weighted by atomic mass is 19.1. The van der Waals surface area contributed by atoms with Gasteiger partial charge in [0, 0.05) is 30.8 Å². The first-order valence-electron chi connectivity index (χ1n) is 8.54. The average Bonchev–Trinajstić information content (AvgIpc) is 2.63. The molecule has 1 heterocycles. The molecule has 0 saturated heterocycles. The zero-order valence-corrected chi connectivity index (χ0v) is 14.2. The number of carbonyl (C=O) groups is 2. The molecule has 0 bridgehead atoms. The van der Waals surface area contributed by atoms with Crippen LogP contribution in [0, 0.1) is 5.82 Å². The van der Waals surface area contributed by atoms with E-state index in [2.05, 4.69) is 5.32 Å². The number of carbonyl (C=O) groups excluding carboxylic acids is 2. The number of nitrogens with one attached hydrogen (secondary N) is 1. The first-order chi connectivity index (χ1) is 12.1. The van der Waals surface area contributed by atoms with Crippen LogP contribution in [-0.4, -0.2) is 18.4 Å². The second kappa shape index (κ2) is 7.47. The van der Waals surface area contributed by atoms with Gasteiger partial charge >= 0.3 is 0 Å². The maximum Gasteiger partial charge on any atom is 0.251 e. The number of benzene rings is 2. The third kappa shape index (κ3) is 3.87. The number of anilines is 1. The predicted molar refractivity (Wildman–Crippen MR) is 95.0 cm³/mol. The van der Waals surface area contributed by atoms with Crippen LogP contribution in [0.3, 0.4) is 0 Å². The second-order valence-electron chi connectivity index (χ2n) is 6.20. The standard InChI is InChI=1S/C20H21FN2O2/c1-2-11-23-18-9-5-16(12-15(18)6-10-19(23)24)20(25)22-13-14-3-7-17(21)8-4-14/h3-5,7-9,12H,2,6,10-11,13H2,1H3,(H,22,25). The van der Waals surface area contributed by atoms with Gasteiger partial charge in [0.2, 0.25) is 5.91 Å². The minimum absolute atomic E-state index is 0.142. The molecule has 0 fully saturated rings. The molecule has 1 N–H and O–H groups in total. The molecule has 2 amide bonds. The molecule has 0 aromatic heterocycles. The lowest BCUT2D eigenvalue weighted by atomic mass is 9.98. The van der Waals surface area contributed by atoms with Gasteiger partial charge in [0.1, 0.15) is 5.82 Å². The minimum atomic E-state index is -0.295. The topological polar surface area (TPSA) is 49.4 Å². The zero-order valence-electron chi connectivity index (χ0n) is 14.2. The summed E-state index contributed by atoms with van der Waals surface area (Å²) in [5, 5.41) is 2.84. The van der Waals surface area contributed by atoms with Crippen molar-refractivity contribution in [2.45, 2.75) is 32.7 Å². The van der Waals surface area contributed by atoms with Gasteiger partial charge in [-0.3, -0.25) is 9.59 Å². The molecule has 0 radical (unpaired) electrons. The van der Waals surface area contributed by atoms with Crippen LogP contribution in [0.5, 0.6) is 0 Å². The van der Waals surface area contributed by atoms with E-state index in [9.17, 15) is 14.0 Å². The van der Waals surface area contributed by atoms with Gasteiger partial charge in [0.05, 0.1) is 0 Å². The van der Waals surface area contributed by atoms with E-state index in [1.165, 1.54) is 12.1 Å². The maximum absolute atomic E-state index is 12.9. The van der Waals surface area contributed by atoms with Crippen molar-refractivity contribution in [3.8, 4) is 0 Å². The summed E-state index contributed by atoms with van der Waals surface area (Å²) in [6.07, 6.45) is 2.03. The fraction of sp³-hybridized carbons (Fsp3) is 0.300. The predicted octanol–water partition coefficient (Wildman–Crippen LogP) is 3.44. The third-order valence-electron chi connectivity index (χ3n) is 4.36. The van der Waals surface area contributed by atoms with Gasteiger partial charge < -0.3 is 10.2 Å². The summed E-state index contributed by atoms with van der Waals surface area (Å²) in [6.45, 7) is 3.08. The van der Waals surface area contributed by atoms with Gasteiger partial charge in [0.25, 0.3) is 5.91 Å². The maximum atomic E-state index is 12.9. The molecule has 0 unspecified atom stereocenters. The van der Waals surface area contributed by atoms with E-state index in [1.807, 2.05) is 19.1 Å². The summed E-state index contributed by atoms with van der Waals surface area (Å²) in [6, 6.07) is 11.5. The first kappa shape index (κ1) is 17.1. The van der Waals surface area contributed by atoms with Crippen LogP contribution in [0.1, 0.15) is 41.3 Å². The molecule has 0 spiro atoms. The van der Waals surface area contributed by atoms with E-state index in [4.69, 9.17) is 0 Å². The molecule has 1 aliphatic rings. The highest BCUT2D eigenvalue weighted by Gasteiger charge is 2.24. The van der Waals surface area contributed by atoms with Crippen molar-refractivity contribution in [2.75, 3.05) is 11.4 Å². The molecule has 0 aliphatic carbocycles. The van der Waals surface area contributed by atoms with Crippen molar-refractivity contribution in [1.82, 2.24) is 5.32 Å². The van der Waals surface area contributed by atoms with E-state index in [1.54, 1.807) is 23.1 Å². The SMILES string of the molecule is CCCN1C(=O)CCc2cc(C(=O)NCc3ccc(F)cc3)ccc21. The Labute approximate surface area is 146 Å². The van der Waals surface area contributed by atoms with Crippen molar-refractivity contribution < 1.29 is 14.0 Å². The Hall–Kier alpha value is -2.69. The van der Waals surface area contributed by atoms with Gasteiger partial charge in [-0.2, -0.15) is 0 Å². The fourth-order valence-electron chi connectivity index (χ4n) is 3.06. The smallest absolute Gasteiger partial charge is 0.251 e. The molecule has 1 aliphatic heterocycles. The highest BCUT2D eigenvalue weighted by Crippen LogP contribution is 2.29. The Morgan fingerprint density at radius 1 is 1.16 bits per heavy atom. The van der Waals surface area contributed by atoms with E-state index < -0.39 is 0 Å². The first-order valence-corrected chi connectivity index (χ1v) is 8.54. The summed E-state index contributed by atoms with van der Waals surface area (Å²) in [4.78, 5) is 26.3. The Morgan fingerprint density at radius 3 is 2.64 bits per heavy atom. The van der Waals surface area contributed by atoms with Crippen LogP contribution in [-0.2, 0) is 17.8 Å². The van der Waals surface area contributed by atoms with Crippen LogP contribution in [0.2, 0.25) is 0 Å². The molecular formula is C20H21FN2O2. The molecule has 25 heavy (non-hydrogen) atoms. The lowest BCUT2D eigenvalue weighted by molar-refractivity contribution is -0.118. The largest absolute Gasteiger partial charge is 0.348 e. The van der Waals surface area contributed by atoms with Gasteiger partial charge in [0.15, 0.2) is 0 Å².